The highest BCUT2D eigenvalue weighted by atomic mass is 16.1. The van der Waals surface area contributed by atoms with E-state index in [1.54, 1.807) is 6.20 Å². The largest absolute Gasteiger partial charge is 0.381 e. The molecule has 21 heavy (non-hydrogen) atoms. The molecule has 4 rings (SSSR count). The van der Waals surface area contributed by atoms with E-state index in [2.05, 4.69) is 31.5 Å². The first-order valence-corrected chi connectivity index (χ1v) is 6.66. The van der Waals surface area contributed by atoms with E-state index < -0.39 is 0 Å². The summed E-state index contributed by atoms with van der Waals surface area (Å²) in [5, 5.41) is 11.4. The molecule has 0 fully saturated rings. The van der Waals surface area contributed by atoms with Crippen molar-refractivity contribution in [2.45, 2.75) is 6.54 Å². The Kier molecular flexibility index (Phi) is 2.53. The van der Waals surface area contributed by atoms with Gasteiger partial charge in [-0.25, -0.2) is 4.79 Å². The minimum atomic E-state index is -0.180. The fourth-order valence-electron chi connectivity index (χ4n) is 2.45. The summed E-state index contributed by atoms with van der Waals surface area (Å²) in [6.45, 7) is 0.687. The van der Waals surface area contributed by atoms with Crippen LogP contribution in [-0.2, 0) is 6.54 Å². The van der Waals surface area contributed by atoms with E-state index in [0.29, 0.717) is 6.54 Å². The average molecular weight is 279 g/mol. The lowest BCUT2D eigenvalue weighted by Gasteiger charge is -2.06. The fraction of sp³-hybridized carbons (Fsp3) is 0.0667. The molecular weight excluding hydrogens is 266 g/mol. The highest BCUT2D eigenvalue weighted by Crippen LogP contribution is 2.18. The number of aromatic amines is 3. The van der Waals surface area contributed by atoms with Crippen LogP contribution in [0.15, 0.2) is 47.4 Å². The number of hydrogen-bond donors (Lipinski definition) is 4. The van der Waals surface area contributed by atoms with Crippen LogP contribution in [-0.4, -0.2) is 20.2 Å². The number of imidazole rings is 1. The van der Waals surface area contributed by atoms with Gasteiger partial charge in [-0.3, -0.25) is 5.10 Å². The van der Waals surface area contributed by atoms with Crippen molar-refractivity contribution in [2.75, 3.05) is 5.32 Å². The molecule has 0 saturated carbocycles. The predicted octanol–water partition coefficient (Wildman–Crippen LogP) is 2.34. The molecule has 0 spiro atoms. The number of H-pyrrole nitrogens is 3. The van der Waals surface area contributed by atoms with Crippen molar-refractivity contribution in [1.29, 1.82) is 0 Å². The average Bonchev–Trinajstić information content (AvgIpc) is 3.08. The fourth-order valence-corrected chi connectivity index (χ4v) is 2.45. The molecule has 0 unspecified atom stereocenters. The van der Waals surface area contributed by atoms with Gasteiger partial charge in [0.05, 0.1) is 22.7 Å². The van der Waals surface area contributed by atoms with E-state index >= 15 is 0 Å². The third kappa shape index (κ3) is 2.16. The SMILES string of the molecule is O=c1[nH]c2ccc(CNc3ccc4[nH]ncc4c3)cc2[nH]1. The highest BCUT2D eigenvalue weighted by Gasteiger charge is 2.01. The van der Waals surface area contributed by atoms with Crippen LogP contribution >= 0.6 is 0 Å². The Morgan fingerprint density at radius 2 is 1.86 bits per heavy atom. The molecular formula is C15H13N5O. The molecule has 0 bridgehead atoms. The van der Waals surface area contributed by atoms with Crippen molar-refractivity contribution >= 4 is 27.6 Å². The molecule has 104 valence electrons. The first-order chi connectivity index (χ1) is 10.3. The third-order valence-electron chi connectivity index (χ3n) is 3.52. The Bertz CT molecular complexity index is 978. The number of anilines is 1. The molecule has 2 aromatic heterocycles. The second-order valence-electron chi connectivity index (χ2n) is 4.98. The Balaban J connectivity index is 1.57. The van der Waals surface area contributed by atoms with Gasteiger partial charge in [0.1, 0.15) is 0 Å². The molecule has 0 aliphatic carbocycles. The summed E-state index contributed by atoms with van der Waals surface area (Å²) >= 11 is 0. The van der Waals surface area contributed by atoms with Crippen LogP contribution in [0.5, 0.6) is 0 Å². The predicted molar refractivity (Wildman–Crippen MR) is 82.3 cm³/mol. The van der Waals surface area contributed by atoms with E-state index in [1.165, 1.54) is 0 Å². The van der Waals surface area contributed by atoms with Crippen molar-refractivity contribution in [2.24, 2.45) is 0 Å². The van der Waals surface area contributed by atoms with Crippen LogP contribution in [0.3, 0.4) is 0 Å². The second-order valence-corrected chi connectivity index (χ2v) is 4.98. The monoisotopic (exact) mass is 279 g/mol. The Morgan fingerprint density at radius 3 is 2.81 bits per heavy atom. The summed E-state index contributed by atoms with van der Waals surface area (Å²) in [5.74, 6) is 0. The molecule has 6 heteroatoms. The number of aromatic nitrogens is 4. The van der Waals surface area contributed by atoms with Gasteiger partial charge in [0.15, 0.2) is 0 Å². The van der Waals surface area contributed by atoms with Crippen LogP contribution in [0.25, 0.3) is 21.9 Å². The van der Waals surface area contributed by atoms with Crippen molar-refractivity contribution < 1.29 is 0 Å². The van der Waals surface area contributed by atoms with Crippen molar-refractivity contribution in [3.63, 3.8) is 0 Å². The lowest BCUT2D eigenvalue weighted by atomic mass is 10.2. The summed E-state index contributed by atoms with van der Waals surface area (Å²) < 4.78 is 0. The topological polar surface area (TPSA) is 89.4 Å². The first kappa shape index (κ1) is 11.8. The number of nitrogens with one attached hydrogen (secondary N) is 4. The van der Waals surface area contributed by atoms with Gasteiger partial charge in [-0.1, -0.05) is 6.07 Å². The summed E-state index contributed by atoms with van der Waals surface area (Å²) in [5.41, 5.74) is 4.62. The Hall–Kier alpha value is -3.02. The van der Waals surface area contributed by atoms with Crippen LogP contribution in [0.4, 0.5) is 5.69 Å². The first-order valence-electron chi connectivity index (χ1n) is 6.66. The van der Waals surface area contributed by atoms with Crippen molar-refractivity contribution in [3.8, 4) is 0 Å². The molecule has 0 aliphatic heterocycles. The quantitative estimate of drug-likeness (QED) is 0.464. The van der Waals surface area contributed by atoms with Gasteiger partial charge in [-0.15, -0.1) is 0 Å². The molecule has 2 heterocycles. The van der Waals surface area contributed by atoms with Gasteiger partial charge in [0, 0.05) is 17.6 Å². The maximum atomic E-state index is 11.2. The summed E-state index contributed by atoms with van der Waals surface area (Å²) in [7, 11) is 0. The zero-order valence-corrected chi connectivity index (χ0v) is 11.1. The van der Waals surface area contributed by atoms with Crippen LogP contribution in [0, 0.1) is 0 Å². The van der Waals surface area contributed by atoms with E-state index in [0.717, 1.165) is 33.2 Å². The zero-order valence-electron chi connectivity index (χ0n) is 11.1. The number of fused-ring (bicyclic) bond motifs is 2. The van der Waals surface area contributed by atoms with E-state index in [-0.39, 0.29) is 5.69 Å². The standard InChI is InChI=1S/C15H13N5O/c21-15-18-13-3-1-9(5-14(13)19-15)7-16-11-2-4-12-10(6-11)8-17-20-12/h1-6,8,16H,7H2,(H,17,20)(H2,18,19,21). The third-order valence-corrected chi connectivity index (χ3v) is 3.52. The van der Waals surface area contributed by atoms with E-state index in [9.17, 15) is 4.79 Å². The molecule has 0 saturated heterocycles. The number of hydrogen-bond acceptors (Lipinski definition) is 3. The summed E-state index contributed by atoms with van der Waals surface area (Å²) in [6, 6.07) is 11.9. The van der Waals surface area contributed by atoms with Gasteiger partial charge in [-0.05, 0) is 35.9 Å². The minimum absolute atomic E-state index is 0.180. The molecule has 2 aromatic carbocycles. The van der Waals surface area contributed by atoms with Gasteiger partial charge in [-0.2, -0.15) is 5.10 Å². The lowest BCUT2D eigenvalue weighted by Crippen LogP contribution is -1.99. The van der Waals surface area contributed by atoms with Crippen LogP contribution < -0.4 is 11.0 Å². The van der Waals surface area contributed by atoms with Gasteiger partial charge >= 0.3 is 5.69 Å². The second kappa shape index (κ2) is 4.52. The number of rotatable bonds is 3. The van der Waals surface area contributed by atoms with Gasteiger partial charge in [0.25, 0.3) is 0 Å². The van der Waals surface area contributed by atoms with Crippen molar-refractivity contribution in [3.05, 3.63) is 58.6 Å². The minimum Gasteiger partial charge on any atom is -0.381 e. The lowest BCUT2D eigenvalue weighted by molar-refractivity contribution is 1.12. The molecule has 4 aromatic rings. The molecule has 0 amide bonds. The van der Waals surface area contributed by atoms with E-state index in [4.69, 9.17) is 0 Å². The zero-order chi connectivity index (χ0) is 14.2. The summed E-state index contributed by atoms with van der Waals surface area (Å²) in [4.78, 5) is 16.7. The summed E-state index contributed by atoms with van der Waals surface area (Å²) in [6.07, 6.45) is 1.80. The highest BCUT2D eigenvalue weighted by molar-refractivity contribution is 5.81. The van der Waals surface area contributed by atoms with E-state index in [1.807, 2.05) is 30.3 Å². The maximum absolute atomic E-state index is 11.2. The van der Waals surface area contributed by atoms with Gasteiger partial charge < -0.3 is 15.3 Å². The number of nitrogens with zero attached hydrogens (tertiary/aromatic N) is 1. The van der Waals surface area contributed by atoms with Crippen LogP contribution in [0.2, 0.25) is 0 Å². The normalized spacial score (nSPS) is 11.2. The number of benzene rings is 2. The molecule has 0 atom stereocenters. The molecule has 6 nitrogen and oxygen atoms in total. The van der Waals surface area contributed by atoms with Crippen molar-refractivity contribution in [1.82, 2.24) is 20.2 Å². The van der Waals surface area contributed by atoms with Crippen LogP contribution in [0.1, 0.15) is 5.56 Å². The molecule has 0 aliphatic rings. The van der Waals surface area contributed by atoms with Gasteiger partial charge in [0.2, 0.25) is 0 Å². The Morgan fingerprint density at radius 1 is 1.00 bits per heavy atom. The molecule has 0 radical (unpaired) electrons. The smallest absolute Gasteiger partial charge is 0.323 e. The maximum Gasteiger partial charge on any atom is 0.323 e. The Labute approximate surface area is 119 Å². The molecule has 4 N–H and O–H groups in total.